The number of amides is 3. The van der Waals surface area contributed by atoms with Crippen molar-refractivity contribution in [3.05, 3.63) is 0 Å². The number of carbonyl (C=O) groups excluding carboxylic acids is 3. The molecule has 0 aromatic heterocycles. The van der Waals surface area contributed by atoms with Crippen molar-refractivity contribution in [2.45, 2.75) is 30.8 Å². The highest BCUT2D eigenvalue weighted by Gasteiger charge is 2.56. The molecule has 0 aromatic rings. The van der Waals surface area contributed by atoms with Gasteiger partial charge in [-0.15, -0.1) is 0 Å². The molecule has 1 unspecified atom stereocenters. The van der Waals surface area contributed by atoms with Gasteiger partial charge in [-0.05, 0) is 19.3 Å². The third kappa shape index (κ3) is 2.72. The number of likely N-dealkylation sites (tertiary alicyclic amines) is 2. The minimum Gasteiger partial charge on any atom is -0.394 e. The number of nitrogens with zero attached hydrogens (tertiary/aromatic N) is 2. The molecule has 21 heavy (non-hydrogen) atoms. The van der Waals surface area contributed by atoms with Gasteiger partial charge in [-0.1, -0.05) is 0 Å². The van der Waals surface area contributed by atoms with Gasteiger partial charge < -0.3 is 26.4 Å². The average Bonchev–Trinajstić information content (AvgIpc) is 2.98. The van der Waals surface area contributed by atoms with Crippen LogP contribution in [0.3, 0.4) is 0 Å². The first kappa shape index (κ1) is 17.7. The van der Waals surface area contributed by atoms with Crippen molar-refractivity contribution in [3.63, 3.8) is 0 Å². The van der Waals surface area contributed by atoms with E-state index < -0.39 is 24.1 Å². The maximum atomic E-state index is 12.6. The molecule has 8 nitrogen and oxygen atoms in total. The molecule has 5 N–H and O–H groups in total. The van der Waals surface area contributed by atoms with Crippen LogP contribution < -0.4 is 11.5 Å². The lowest BCUT2D eigenvalue weighted by Gasteiger charge is -2.34. The Morgan fingerprint density at radius 3 is 2.52 bits per heavy atom. The van der Waals surface area contributed by atoms with Crippen LogP contribution in [0.25, 0.3) is 0 Å². The fourth-order valence-electron chi connectivity index (χ4n) is 3.26. The van der Waals surface area contributed by atoms with E-state index in [0.29, 0.717) is 25.9 Å². The Hall–Kier alpha value is -1.32. The summed E-state index contributed by atoms with van der Waals surface area (Å²) in [6.07, 6.45) is 1.73. The van der Waals surface area contributed by atoms with E-state index >= 15 is 0 Å². The van der Waals surface area contributed by atoms with Crippen LogP contribution >= 0.6 is 13.5 Å². The van der Waals surface area contributed by atoms with Crippen LogP contribution in [0.2, 0.25) is 0 Å². The van der Waals surface area contributed by atoms with Gasteiger partial charge in [-0.25, -0.2) is 0 Å². The molecule has 2 atom stereocenters. The predicted molar refractivity (Wildman–Crippen MR) is 79.5 cm³/mol. The van der Waals surface area contributed by atoms with Gasteiger partial charge in [0.1, 0.15) is 11.6 Å². The molecule has 0 aliphatic carbocycles. The Bertz CT molecular complexity index is 447. The van der Waals surface area contributed by atoms with Crippen molar-refractivity contribution in [2.75, 3.05) is 26.2 Å². The first-order chi connectivity index (χ1) is 9.47. The largest absolute Gasteiger partial charge is 0.394 e. The summed E-state index contributed by atoms with van der Waals surface area (Å²) in [7, 11) is 0. The number of carbonyl (C=O) groups is 3. The lowest BCUT2D eigenvalue weighted by Crippen LogP contribution is -2.57. The summed E-state index contributed by atoms with van der Waals surface area (Å²) < 4.78 is 0. The zero-order chi connectivity index (χ0) is 14.9. The van der Waals surface area contributed by atoms with Crippen LogP contribution in [0.4, 0.5) is 0 Å². The molecule has 0 saturated carbocycles. The van der Waals surface area contributed by atoms with Crippen LogP contribution in [-0.2, 0) is 14.4 Å². The fraction of sp³-hybridized carbons (Fsp3) is 0.750. The smallest absolute Gasteiger partial charge is 0.249 e. The predicted octanol–water partition coefficient (Wildman–Crippen LogP) is -2.50. The first-order valence-corrected chi connectivity index (χ1v) is 6.69. The van der Waals surface area contributed by atoms with Gasteiger partial charge in [0.2, 0.25) is 17.7 Å². The number of hydrogen-bond acceptors (Lipinski definition) is 5. The van der Waals surface area contributed by atoms with E-state index in [1.54, 1.807) is 0 Å². The van der Waals surface area contributed by atoms with E-state index in [2.05, 4.69) is 0 Å². The van der Waals surface area contributed by atoms with E-state index in [9.17, 15) is 19.5 Å². The Morgan fingerprint density at radius 1 is 1.33 bits per heavy atom. The summed E-state index contributed by atoms with van der Waals surface area (Å²) in [6, 6.07) is -1.03. The SMILES string of the molecule is NCC(=O)N1CCCC12CCN([C@@H](CO)C(N)=O)C2=O.S. The van der Waals surface area contributed by atoms with Gasteiger partial charge in [0, 0.05) is 13.1 Å². The highest BCUT2D eigenvalue weighted by molar-refractivity contribution is 7.59. The molecular weight excluding hydrogens is 296 g/mol. The van der Waals surface area contributed by atoms with Crippen molar-refractivity contribution in [1.29, 1.82) is 0 Å². The van der Waals surface area contributed by atoms with Gasteiger partial charge in [0.25, 0.3) is 0 Å². The molecule has 3 amide bonds. The second-order valence-corrected chi connectivity index (χ2v) is 5.23. The zero-order valence-corrected chi connectivity index (χ0v) is 12.7. The Labute approximate surface area is 129 Å². The van der Waals surface area contributed by atoms with Crippen LogP contribution in [-0.4, -0.2) is 70.4 Å². The molecule has 2 heterocycles. The van der Waals surface area contributed by atoms with Crippen LogP contribution in [0.1, 0.15) is 19.3 Å². The van der Waals surface area contributed by atoms with E-state index in [1.807, 2.05) is 0 Å². The number of aliphatic hydroxyl groups is 1. The summed E-state index contributed by atoms with van der Waals surface area (Å²) >= 11 is 0. The number of aliphatic hydroxyl groups excluding tert-OH is 1. The summed E-state index contributed by atoms with van der Waals surface area (Å²) in [5.41, 5.74) is 9.69. The molecule has 120 valence electrons. The highest BCUT2D eigenvalue weighted by Crippen LogP contribution is 2.39. The van der Waals surface area contributed by atoms with Gasteiger partial charge in [0.05, 0.1) is 13.2 Å². The summed E-state index contributed by atoms with van der Waals surface area (Å²) in [5, 5.41) is 9.23. The van der Waals surface area contributed by atoms with Gasteiger partial charge in [-0.2, -0.15) is 13.5 Å². The standard InChI is InChI=1S/C12H20N4O4.H2S/c13-6-9(18)16-4-1-2-12(16)3-5-15(11(12)20)8(7-17)10(14)19;/h8,17H,1-7,13H2,(H2,14,19);1H2/t8-,12?;/m0./s1. The monoisotopic (exact) mass is 318 g/mol. The zero-order valence-electron chi connectivity index (χ0n) is 11.7. The summed E-state index contributed by atoms with van der Waals surface area (Å²) in [4.78, 5) is 38.6. The third-order valence-electron chi connectivity index (χ3n) is 4.27. The van der Waals surface area contributed by atoms with E-state index in [4.69, 9.17) is 11.5 Å². The number of primary amides is 1. The summed E-state index contributed by atoms with van der Waals surface area (Å²) in [6.45, 7) is 0.146. The van der Waals surface area contributed by atoms with Crippen molar-refractivity contribution in [1.82, 2.24) is 9.80 Å². The van der Waals surface area contributed by atoms with Crippen LogP contribution in [0.5, 0.6) is 0 Å². The lowest BCUT2D eigenvalue weighted by atomic mass is 9.94. The topological polar surface area (TPSA) is 130 Å². The normalized spacial score (nSPS) is 26.1. The molecular formula is C12H22N4O4S. The molecule has 0 radical (unpaired) electrons. The minimum absolute atomic E-state index is 0. The number of rotatable bonds is 4. The average molecular weight is 318 g/mol. The maximum Gasteiger partial charge on any atom is 0.249 e. The van der Waals surface area contributed by atoms with E-state index in [0.717, 1.165) is 6.42 Å². The number of hydrogen-bond donors (Lipinski definition) is 3. The Morgan fingerprint density at radius 2 is 2.00 bits per heavy atom. The molecule has 2 rings (SSSR count). The van der Waals surface area contributed by atoms with E-state index in [-0.39, 0.29) is 31.9 Å². The quantitative estimate of drug-likeness (QED) is 0.527. The van der Waals surface area contributed by atoms with Gasteiger partial charge in [0.15, 0.2) is 0 Å². The third-order valence-corrected chi connectivity index (χ3v) is 4.27. The molecule has 2 aliphatic rings. The van der Waals surface area contributed by atoms with Crippen LogP contribution in [0.15, 0.2) is 0 Å². The molecule has 1 spiro atoms. The second kappa shape index (κ2) is 6.63. The van der Waals surface area contributed by atoms with Gasteiger partial charge in [-0.3, -0.25) is 14.4 Å². The van der Waals surface area contributed by atoms with Crippen molar-refractivity contribution >= 4 is 31.2 Å². The van der Waals surface area contributed by atoms with Gasteiger partial charge >= 0.3 is 0 Å². The molecule has 9 heteroatoms. The van der Waals surface area contributed by atoms with Crippen LogP contribution in [0, 0.1) is 0 Å². The lowest BCUT2D eigenvalue weighted by molar-refractivity contribution is -0.148. The Balaban J connectivity index is 0.00000220. The molecule has 2 aliphatic heterocycles. The highest BCUT2D eigenvalue weighted by atomic mass is 32.1. The van der Waals surface area contributed by atoms with Crippen molar-refractivity contribution in [3.8, 4) is 0 Å². The number of nitrogens with two attached hydrogens (primary N) is 2. The molecule has 0 aromatic carbocycles. The van der Waals surface area contributed by atoms with E-state index in [1.165, 1.54) is 9.80 Å². The van der Waals surface area contributed by atoms with Crippen molar-refractivity contribution < 1.29 is 19.5 Å². The molecule has 0 bridgehead atoms. The fourth-order valence-corrected chi connectivity index (χ4v) is 3.26. The molecule has 2 saturated heterocycles. The maximum absolute atomic E-state index is 12.6. The minimum atomic E-state index is -1.03. The Kier molecular flexibility index (Phi) is 5.60. The second-order valence-electron chi connectivity index (χ2n) is 5.23. The first-order valence-electron chi connectivity index (χ1n) is 6.69. The summed E-state index contributed by atoms with van der Waals surface area (Å²) in [5.74, 6) is -1.32. The van der Waals surface area contributed by atoms with Crippen molar-refractivity contribution in [2.24, 2.45) is 11.5 Å². The molecule has 2 fully saturated rings.